The molecule has 1 saturated carbocycles. The van der Waals surface area contributed by atoms with Crippen molar-refractivity contribution in [2.24, 2.45) is 0 Å². The number of carbonyl (C=O) groups excluding carboxylic acids is 2. The Morgan fingerprint density at radius 3 is 2.78 bits per heavy atom. The van der Waals surface area contributed by atoms with Crippen molar-refractivity contribution >= 4 is 23.2 Å². The first-order valence-corrected chi connectivity index (χ1v) is 6.99. The van der Waals surface area contributed by atoms with Crippen LogP contribution in [-0.4, -0.2) is 41.0 Å². The highest BCUT2D eigenvalue weighted by molar-refractivity contribution is 7.11. The lowest BCUT2D eigenvalue weighted by molar-refractivity contribution is 0.0526. The Bertz CT molecular complexity index is 454. The largest absolute Gasteiger partial charge is 0.461 e. The molecule has 0 radical (unpaired) electrons. The summed E-state index contributed by atoms with van der Waals surface area (Å²) >= 11 is 1.15. The Labute approximate surface area is 110 Å². The highest BCUT2D eigenvalue weighted by Gasteiger charge is 2.33. The Morgan fingerprint density at radius 2 is 2.22 bits per heavy atom. The fourth-order valence-corrected chi connectivity index (χ4v) is 2.44. The summed E-state index contributed by atoms with van der Waals surface area (Å²) in [5, 5.41) is 1.87. The molecule has 1 aromatic heterocycles. The van der Waals surface area contributed by atoms with Crippen molar-refractivity contribution in [2.75, 3.05) is 13.2 Å². The second-order valence-electron chi connectivity index (χ2n) is 4.08. The van der Waals surface area contributed by atoms with Gasteiger partial charge < -0.3 is 9.64 Å². The molecule has 0 bridgehead atoms. The summed E-state index contributed by atoms with van der Waals surface area (Å²) in [6.07, 6.45) is 2.13. The molecule has 6 heteroatoms. The number of hydrogen-bond donors (Lipinski definition) is 0. The van der Waals surface area contributed by atoms with Gasteiger partial charge in [0.15, 0.2) is 0 Å². The van der Waals surface area contributed by atoms with Crippen LogP contribution in [0.1, 0.15) is 47.0 Å². The molecule has 5 nitrogen and oxygen atoms in total. The van der Waals surface area contributed by atoms with Gasteiger partial charge in [0.2, 0.25) is 5.01 Å². The molecule has 1 aliphatic carbocycles. The van der Waals surface area contributed by atoms with Gasteiger partial charge in [0.05, 0.1) is 6.61 Å². The Balaban J connectivity index is 2.09. The zero-order chi connectivity index (χ0) is 13.1. The van der Waals surface area contributed by atoms with Crippen molar-refractivity contribution in [3.8, 4) is 0 Å². The first-order chi connectivity index (χ1) is 8.67. The van der Waals surface area contributed by atoms with Gasteiger partial charge in [-0.15, -0.1) is 11.3 Å². The predicted molar refractivity (Wildman–Crippen MR) is 67.8 cm³/mol. The lowest BCUT2D eigenvalue weighted by atomic mass is 10.3. The summed E-state index contributed by atoms with van der Waals surface area (Å²) in [5.41, 5.74) is 0.344. The third-order valence-corrected chi connectivity index (χ3v) is 3.58. The highest BCUT2D eigenvalue weighted by Crippen LogP contribution is 2.28. The summed E-state index contributed by atoms with van der Waals surface area (Å²) in [4.78, 5) is 29.5. The molecule has 1 amide bonds. The number of amides is 1. The molecule has 1 heterocycles. The van der Waals surface area contributed by atoms with E-state index in [2.05, 4.69) is 4.98 Å². The van der Waals surface area contributed by atoms with E-state index in [0.717, 1.165) is 24.2 Å². The van der Waals surface area contributed by atoms with Crippen molar-refractivity contribution in [1.82, 2.24) is 9.88 Å². The van der Waals surface area contributed by atoms with Crippen molar-refractivity contribution in [3.05, 3.63) is 16.1 Å². The van der Waals surface area contributed by atoms with Gasteiger partial charge in [-0.3, -0.25) is 4.79 Å². The molecule has 2 rings (SSSR count). The average Bonchev–Trinajstić information content (AvgIpc) is 3.06. The molecule has 98 valence electrons. The molecule has 1 aliphatic rings. The highest BCUT2D eigenvalue weighted by atomic mass is 32.1. The van der Waals surface area contributed by atoms with Gasteiger partial charge in [-0.05, 0) is 26.7 Å². The lowest BCUT2D eigenvalue weighted by Gasteiger charge is -2.18. The van der Waals surface area contributed by atoms with Crippen LogP contribution in [0.4, 0.5) is 0 Å². The van der Waals surface area contributed by atoms with E-state index >= 15 is 0 Å². The maximum atomic E-state index is 12.2. The van der Waals surface area contributed by atoms with E-state index in [9.17, 15) is 9.59 Å². The zero-order valence-corrected chi connectivity index (χ0v) is 11.3. The standard InChI is InChI=1S/C12H16N2O3S/c1-3-14(8-5-6-8)11(15)9-7-18-10(13-9)12(16)17-4-2/h7-8H,3-6H2,1-2H3. The molecule has 0 saturated heterocycles. The van der Waals surface area contributed by atoms with Crippen molar-refractivity contribution in [3.63, 3.8) is 0 Å². The molecule has 0 aromatic carbocycles. The van der Waals surface area contributed by atoms with E-state index in [-0.39, 0.29) is 10.9 Å². The number of esters is 1. The van der Waals surface area contributed by atoms with E-state index in [0.29, 0.717) is 24.9 Å². The van der Waals surface area contributed by atoms with E-state index in [4.69, 9.17) is 4.74 Å². The second-order valence-corrected chi connectivity index (χ2v) is 4.94. The number of rotatable bonds is 5. The normalized spacial score (nSPS) is 14.3. The Hall–Kier alpha value is -1.43. The van der Waals surface area contributed by atoms with Gasteiger partial charge in [0.1, 0.15) is 5.69 Å². The summed E-state index contributed by atoms with van der Waals surface area (Å²) in [7, 11) is 0. The fourth-order valence-electron chi connectivity index (χ4n) is 1.76. The number of nitrogens with zero attached hydrogens (tertiary/aromatic N) is 2. The summed E-state index contributed by atoms with van der Waals surface area (Å²) < 4.78 is 4.85. The van der Waals surface area contributed by atoms with Gasteiger partial charge >= 0.3 is 5.97 Å². The van der Waals surface area contributed by atoms with Gasteiger partial charge in [0.25, 0.3) is 5.91 Å². The summed E-state index contributed by atoms with van der Waals surface area (Å²) in [6.45, 7) is 4.68. The number of carbonyl (C=O) groups is 2. The first kappa shape index (κ1) is 13.0. The minimum absolute atomic E-state index is 0.0909. The number of ether oxygens (including phenoxy) is 1. The molecule has 0 N–H and O–H groups in total. The molecular formula is C12H16N2O3S. The van der Waals surface area contributed by atoms with E-state index < -0.39 is 5.97 Å². The van der Waals surface area contributed by atoms with Gasteiger partial charge in [-0.2, -0.15) is 0 Å². The van der Waals surface area contributed by atoms with Crippen molar-refractivity contribution in [2.45, 2.75) is 32.7 Å². The lowest BCUT2D eigenvalue weighted by Crippen LogP contribution is -2.33. The van der Waals surface area contributed by atoms with Crippen LogP contribution in [0, 0.1) is 0 Å². The Morgan fingerprint density at radius 1 is 1.50 bits per heavy atom. The van der Waals surface area contributed by atoms with Crippen LogP contribution in [-0.2, 0) is 4.74 Å². The van der Waals surface area contributed by atoms with Crippen LogP contribution in [0.2, 0.25) is 0 Å². The second kappa shape index (κ2) is 5.48. The third-order valence-electron chi connectivity index (χ3n) is 2.76. The maximum absolute atomic E-state index is 12.2. The van der Waals surface area contributed by atoms with E-state index in [1.165, 1.54) is 0 Å². The zero-order valence-electron chi connectivity index (χ0n) is 10.5. The van der Waals surface area contributed by atoms with Crippen LogP contribution < -0.4 is 0 Å². The molecular weight excluding hydrogens is 252 g/mol. The van der Waals surface area contributed by atoms with E-state index in [1.54, 1.807) is 12.3 Å². The smallest absolute Gasteiger partial charge is 0.367 e. The molecule has 18 heavy (non-hydrogen) atoms. The Kier molecular flexibility index (Phi) is 3.96. The molecule has 0 spiro atoms. The summed E-state index contributed by atoms with van der Waals surface area (Å²) in [6, 6.07) is 0.357. The third kappa shape index (κ3) is 2.69. The molecule has 1 fully saturated rings. The van der Waals surface area contributed by atoms with Crippen LogP contribution >= 0.6 is 11.3 Å². The minimum Gasteiger partial charge on any atom is -0.461 e. The first-order valence-electron chi connectivity index (χ1n) is 6.11. The maximum Gasteiger partial charge on any atom is 0.367 e. The quantitative estimate of drug-likeness (QED) is 0.766. The molecule has 0 unspecified atom stereocenters. The fraction of sp³-hybridized carbons (Fsp3) is 0.583. The molecule has 0 atom stereocenters. The molecule has 1 aromatic rings. The van der Waals surface area contributed by atoms with Crippen LogP contribution in [0.25, 0.3) is 0 Å². The number of aromatic nitrogens is 1. The minimum atomic E-state index is -0.462. The van der Waals surface area contributed by atoms with Crippen LogP contribution in [0.15, 0.2) is 5.38 Å². The number of thiazole rings is 1. The topological polar surface area (TPSA) is 59.5 Å². The van der Waals surface area contributed by atoms with Gasteiger partial charge in [-0.25, -0.2) is 9.78 Å². The SMILES string of the molecule is CCOC(=O)c1nc(C(=O)N(CC)C2CC2)cs1. The van der Waals surface area contributed by atoms with Crippen LogP contribution in [0.3, 0.4) is 0 Å². The summed E-state index contributed by atoms with van der Waals surface area (Å²) in [5.74, 6) is -0.553. The monoisotopic (exact) mass is 268 g/mol. The van der Waals surface area contributed by atoms with Crippen molar-refractivity contribution < 1.29 is 14.3 Å². The average molecular weight is 268 g/mol. The van der Waals surface area contributed by atoms with Crippen LogP contribution in [0.5, 0.6) is 0 Å². The number of hydrogen-bond acceptors (Lipinski definition) is 5. The van der Waals surface area contributed by atoms with Crippen molar-refractivity contribution in [1.29, 1.82) is 0 Å². The molecule has 0 aliphatic heterocycles. The van der Waals surface area contributed by atoms with E-state index in [1.807, 2.05) is 11.8 Å². The van der Waals surface area contributed by atoms with Gasteiger partial charge in [0, 0.05) is 18.0 Å². The predicted octanol–water partition coefficient (Wildman–Crippen LogP) is 1.94. The van der Waals surface area contributed by atoms with Gasteiger partial charge in [-0.1, -0.05) is 0 Å².